The van der Waals surface area contributed by atoms with Crippen LogP contribution in [0.3, 0.4) is 0 Å². The summed E-state index contributed by atoms with van der Waals surface area (Å²) in [5.41, 5.74) is 1.52. The van der Waals surface area contributed by atoms with Gasteiger partial charge in [-0.25, -0.2) is 4.98 Å². The van der Waals surface area contributed by atoms with Crippen molar-refractivity contribution >= 4 is 0 Å². The van der Waals surface area contributed by atoms with E-state index in [9.17, 15) is 0 Å². The molecule has 2 rings (SSSR count). The van der Waals surface area contributed by atoms with Gasteiger partial charge >= 0.3 is 0 Å². The largest absolute Gasteiger partial charge is 0.337 e. The average molecular weight is 271 g/mol. The summed E-state index contributed by atoms with van der Waals surface area (Å²) >= 11 is 0. The van der Waals surface area contributed by atoms with Gasteiger partial charge in [-0.1, -0.05) is 44.2 Å². The van der Waals surface area contributed by atoms with Gasteiger partial charge in [-0.3, -0.25) is 0 Å². The van der Waals surface area contributed by atoms with E-state index in [4.69, 9.17) is 0 Å². The quantitative estimate of drug-likeness (QED) is 0.784. The molecular formula is C17H25N3. The smallest absolute Gasteiger partial charge is 0.0945 e. The number of aryl methyl sites for hydroxylation is 1. The first-order valence-corrected chi connectivity index (χ1v) is 7.35. The van der Waals surface area contributed by atoms with Crippen LogP contribution in [0.1, 0.15) is 32.8 Å². The summed E-state index contributed by atoms with van der Waals surface area (Å²) in [6, 6.07) is 11.2. The second kappa shape index (κ2) is 6.71. The number of rotatable bonds is 7. The fourth-order valence-electron chi connectivity index (χ4n) is 2.37. The molecule has 0 amide bonds. The van der Waals surface area contributed by atoms with E-state index in [0.717, 1.165) is 19.5 Å². The van der Waals surface area contributed by atoms with E-state index in [2.05, 4.69) is 66.0 Å². The van der Waals surface area contributed by atoms with Gasteiger partial charge < -0.3 is 9.88 Å². The number of nitrogens with zero attached hydrogens (tertiary/aromatic N) is 2. The zero-order valence-electron chi connectivity index (χ0n) is 12.7. The lowest BCUT2D eigenvalue weighted by Crippen LogP contribution is -2.43. The molecule has 0 spiro atoms. The molecule has 108 valence electrons. The zero-order valence-corrected chi connectivity index (χ0v) is 12.7. The highest BCUT2D eigenvalue weighted by Gasteiger charge is 2.26. The molecule has 0 saturated heterocycles. The van der Waals surface area contributed by atoms with Crippen LogP contribution in [0.2, 0.25) is 0 Å². The first kappa shape index (κ1) is 14.8. The molecule has 0 saturated carbocycles. The molecule has 3 heteroatoms. The van der Waals surface area contributed by atoms with Crippen molar-refractivity contribution in [3.8, 4) is 0 Å². The van der Waals surface area contributed by atoms with Crippen molar-refractivity contribution in [3.05, 3.63) is 54.6 Å². The molecule has 0 aliphatic heterocycles. The Labute approximate surface area is 122 Å². The minimum Gasteiger partial charge on any atom is -0.337 e. The van der Waals surface area contributed by atoms with Gasteiger partial charge in [-0.05, 0) is 25.5 Å². The zero-order chi connectivity index (χ0) is 14.4. The van der Waals surface area contributed by atoms with Gasteiger partial charge in [0.2, 0.25) is 0 Å². The van der Waals surface area contributed by atoms with Crippen LogP contribution in [0.25, 0.3) is 0 Å². The van der Waals surface area contributed by atoms with E-state index in [0.29, 0.717) is 6.04 Å². The summed E-state index contributed by atoms with van der Waals surface area (Å²) in [4.78, 5) is 4.06. The normalized spacial score (nSPS) is 13.3. The van der Waals surface area contributed by atoms with Gasteiger partial charge in [0.15, 0.2) is 0 Å². The maximum Gasteiger partial charge on any atom is 0.0945 e. The molecule has 1 atom stereocenters. The van der Waals surface area contributed by atoms with E-state index in [1.807, 2.05) is 18.7 Å². The minimum atomic E-state index is 0.135. The Morgan fingerprint density at radius 2 is 2.00 bits per heavy atom. The Hall–Kier alpha value is -1.61. The molecule has 0 fully saturated rings. The Kier molecular flexibility index (Phi) is 4.96. The maximum atomic E-state index is 4.06. The minimum absolute atomic E-state index is 0.135. The van der Waals surface area contributed by atoms with Crippen LogP contribution < -0.4 is 5.32 Å². The van der Waals surface area contributed by atoms with Crippen LogP contribution in [0.4, 0.5) is 0 Å². The Morgan fingerprint density at radius 1 is 1.25 bits per heavy atom. The van der Waals surface area contributed by atoms with Gasteiger partial charge in [0, 0.05) is 30.4 Å². The lowest BCUT2D eigenvalue weighted by molar-refractivity contribution is 0.357. The van der Waals surface area contributed by atoms with E-state index in [1.54, 1.807) is 0 Å². The number of aromatic nitrogens is 2. The highest BCUT2D eigenvalue weighted by Crippen LogP contribution is 2.26. The van der Waals surface area contributed by atoms with Crippen molar-refractivity contribution < 1.29 is 0 Å². The lowest BCUT2D eigenvalue weighted by Gasteiger charge is -2.33. The van der Waals surface area contributed by atoms with E-state index >= 15 is 0 Å². The number of imidazole rings is 1. The van der Waals surface area contributed by atoms with Crippen LogP contribution >= 0.6 is 0 Å². The standard InChI is InChI=1S/C17H25N3/c1-15(17(2,3)16-8-5-4-6-9-16)19-10-7-12-20-13-11-18-14-20/h4-6,8-9,11,13-15,19H,7,10,12H2,1-3H3. The third kappa shape index (κ3) is 3.70. The lowest BCUT2D eigenvalue weighted by atomic mass is 9.78. The summed E-state index contributed by atoms with van der Waals surface area (Å²) in [5.74, 6) is 0. The summed E-state index contributed by atoms with van der Waals surface area (Å²) < 4.78 is 2.12. The molecule has 0 aliphatic carbocycles. The second-order valence-electron chi connectivity index (χ2n) is 5.92. The van der Waals surface area contributed by atoms with Gasteiger partial charge in [-0.2, -0.15) is 0 Å². The molecule has 0 aliphatic rings. The molecule has 1 aromatic heterocycles. The van der Waals surface area contributed by atoms with Crippen LogP contribution in [0, 0.1) is 0 Å². The van der Waals surface area contributed by atoms with Gasteiger partial charge in [0.05, 0.1) is 6.33 Å². The SMILES string of the molecule is CC(NCCCn1ccnc1)C(C)(C)c1ccccc1. The number of benzene rings is 1. The molecule has 0 radical (unpaired) electrons. The second-order valence-corrected chi connectivity index (χ2v) is 5.92. The van der Waals surface area contributed by atoms with Crippen molar-refractivity contribution in [3.63, 3.8) is 0 Å². The molecule has 1 heterocycles. The van der Waals surface area contributed by atoms with Crippen LogP contribution in [0.5, 0.6) is 0 Å². The predicted molar refractivity (Wildman–Crippen MR) is 83.8 cm³/mol. The fourth-order valence-corrected chi connectivity index (χ4v) is 2.37. The van der Waals surface area contributed by atoms with Crippen LogP contribution in [-0.4, -0.2) is 22.1 Å². The van der Waals surface area contributed by atoms with Crippen molar-refractivity contribution in [1.82, 2.24) is 14.9 Å². The number of hydrogen-bond donors (Lipinski definition) is 1. The molecule has 2 aromatic rings. The van der Waals surface area contributed by atoms with Crippen molar-refractivity contribution in [2.24, 2.45) is 0 Å². The highest BCUT2D eigenvalue weighted by atomic mass is 15.0. The Balaban J connectivity index is 1.80. The molecule has 0 bridgehead atoms. The maximum absolute atomic E-state index is 4.06. The number of hydrogen-bond acceptors (Lipinski definition) is 2. The fraction of sp³-hybridized carbons (Fsp3) is 0.471. The third-order valence-electron chi connectivity index (χ3n) is 4.20. The molecule has 3 nitrogen and oxygen atoms in total. The first-order valence-electron chi connectivity index (χ1n) is 7.35. The van der Waals surface area contributed by atoms with Crippen molar-refractivity contribution in [2.45, 2.75) is 45.2 Å². The monoisotopic (exact) mass is 271 g/mol. The predicted octanol–water partition coefficient (Wildman–Crippen LogP) is 3.23. The van der Waals surface area contributed by atoms with Gasteiger partial charge in [0.1, 0.15) is 0 Å². The van der Waals surface area contributed by atoms with Gasteiger partial charge in [0.25, 0.3) is 0 Å². The van der Waals surface area contributed by atoms with E-state index in [-0.39, 0.29) is 5.41 Å². The Morgan fingerprint density at radius 3 is 2.65 bits per heavy atom. The van der Waals surface area contributed by atoms with E-state index < -0.39 is 0 Å². The highest BCUT2D eigenvalue weighted by molar-refractivity contribution is 5.25. The van der Waals surface area contributed by atoms with Crippen molar-refractivity contribution in [2.75, 3.05) is 6.54 Å². The summed E-state index contributed by atoms with van der Waals surface area (Å²) in [7, 11) is 0. The molecule has 20 heavy (non-hydrogen) atoms. The van der Waals surface area contributed by atoms with Crippen LogP contribution in [-0.2, 0) is 12.0 Å². The summed E-state index contributed by atoms with van der Waals surface area (Å²) in [6.45, 7) is 8.91. The van der Waals surface area contributed by atoms with E-state index in [1.165, 1.54) is 5.56 Å². The van der Waals surface area contributed by atoms with Crippen LogP contribution in [0.15, 0.2) is 49.1 Å². The topological polar surface area (TPSA) is 29.9 Å². The first-order chi connectivity index (χ1) is 9.60. The molecule has 1 unspecified atom stereocenters. The Bertz CT molecular complexity index is 488. The third-order valence-corrected chi connectivity index (χ3v) is 4.20. The van der Waals surface area contributed by atoms with Crippen molar-refractivity contribution in [1.29, 1.82) is 0 Å². The molecule has 1 aromatic carbocycles. The van der Waals surface area contributed by atoms with Gasteiger partial charge in [-0.15, -0.1) is 0 Å². The summed E-state index contributed by atoms with van der Waals surface area (Å²) in [5, 5.41) is 3.65. The number of nitrogens with one attached hydrogen (secondary N) is 1. The average Bonchev–Trinajstić information content (AvgIpc) is 2.97. The molecular weight excluding hydrogens is 246 g/mol. The summed E-state index contributed by atoms with van der Waals surface area (Å²) in [6.07, 6.45) is 6.83. The molecule has 1 N–H and O–H groups in total.